The number of carbonyl (C=O) groups is 2. The maximum atomic E-state index is 12.2. The summed E-state index contributed by atoms with van der Waals surface area (Å²) in [6.07, 6.45) is 2.89. The summed E-state index contributed by atoms with van der Waals surface area (Å²) in [6.45, 7) is 5.18. The molecule has 0 aromatic heterocycles. The molecule has 0 aliphatic heterocycles. The van der Waals surface area contributed by atoms with Crippen molar-refractivity contribution in [1.29, 1.82) is 0 Å². The fourth-order valence-corrected chi connectivity index (χ4v) is 2.92. The van der Waals surface area contributed by atoms with Crippen molar-refractivity contribution in [2.75, 3.05) is 17.7 Å². The molecule has 154 valence electrons. The standard InChI is InChI=1S/C21H22Cl2N2O4/c1-12(2)29-21-17(23)9-14(10-19(21)28-4)5-8-20(27)25-18-7-6-15(11-16(18)22)24-13(3)26/h5-12H,1-4H3,(H,24,26)(H,25,27)/b8-5+. The van der Waals surface area contributed by atoms with Crippen molar-refractivity contribution in [3.63, 3.8) is 0 Å². The molecule has 2 rings (SSSR count). The zero-order valence-corrected chi connectivity index (χ0v) is 18.0. The second-order valence-corrected chi connectivity index (χ2v) is 7.21. The van der Waals surface area contributed by atoms with Crippen LogP contribution in [0.15, 0.2) is 36.4 Å². The summed E-state index contributed by atoms with van der Waals surface area (Å²) in [5.41, 5.74) is 1.64. The lowest BCUT2D eigenvalue weighted by atomic mass is 10.1. The fraction of sp³-hybridized carbons (Fsp3) is 0.238. The van der Waals surface area contributed by atoms with Crippen molar-refractivity contribution in [3.8, 4) is 11.5 Å². The van der Waals surface area contributed by atoms with Crippen LogP contribution in [0, 0.1) is 0 Å². The SMILES string of the molecule is COc1cc(/C=C/C(=O)Nc2ccc(NC(C)=O)cc2Cl)cc(Cl)c1OC(C)C. The lowest BCUT2D eigenvalue weighted by Crippen LogP contribution is -2.09. The Balaban J connectivity index is 2.13. The number of rotatable bonds is 7. The molecule has 2 aromatic rings. The van der Waals surface area contributed by atoms with Crippen LogP contribution in [-0.2, 0) is 9.59 Å². The van der Waals surface area contributed by atoms with Crippen molar-refractivity contribution in [2.45, 2.75) is 26.9 Å². The Bertz CT molecular complexity index is 943. The molecule has 8 heteroatoms. The fourth-order valence-electron chi connectivity index (χ4n) is 2.43. The number of ether oxygens (including phenoxy) is 2. The minimum Gasteiger partial charge on any atom is -0.493 e. The van der Waals surface area contributed by atoms with Crippen LogP contribution in [0.3, 0.4) is 0 Å². The van der Waals surface area contributed by atoms with Gasteiger partial charge in [0.2, 0.25) is 11.8 Å². The summed E-state index contributed by atoms with van der Waals surface area (Å²) < 4.78 is 11.0. The molecule has 0 radical (unpaired) electrons. The first-order valence-electron chi connectivity index (χ1n) is 8.80. The van der Waals surface area contributed by atoms with E-state index in [1.165, 1.54) is 20.1 Å². The zero-order valence-electron chi connectivity index (χ0n) is 16.5. The summed E-state index contributed by atoms with van der Waals surface area (Å²) in [5, 5.41) is 5.99. The number of hydrogen-bond donors (Lipinski definition) is 2. The summed E-state index contributed by atoms with van der Waals surface area (Å²) in [4.78, 5) is 23.3. The molecule has 0 aliphatic rings. The molecule has 0 saturated carbocycles. The molecule has 0 heterocycles. The maximum Gasteiger partial charge on any atom is 0.248 e. The van der Waals surface area contributed by atoms with Crippen LogP contribution >= 0.6 is 23.2 Å². The maximum absolute atomic E-state index is 12.2. The van der Waals surface area contributed by atoms with Crippen LogP contribution in [0.1, 0.15) is 26.3 Å². The Morgan fingerprint density at radius 2 is 1.79 bits per heavy atom. The van der Waals surface area contributed by atoms with Gasteiger partial charge in [0.05, 0.1) is 28.9 Å². The Hall–Kier alpha value is -2.70. The second-order valence-electron chi connectivity index (χ2n) is 6.40. The number of carbonyl (C=O) groups excluding carboxylic acids is 2. The third-order valence-corrected chi connectivity index (χ3v) is 4.17. The molecular formula is C21H22Cl2N2O4. The average Bonchev–Trinajstić information content (AvgIpc) is 2.63. The quantitative estimate of drug-likeness (QED) is 0.569. The van der Waals surface area contributed by atoms with E-state index in [9.17, 15) is 9.59 Å². The molecule has 29 heavy (non-hydrogen) atoms. The summed E-state index contributed by atoms with van der Waals surface area (Å²) in [5.74, 6) is 0.344. The number of nitrogens with one attached hydrogen (secondary N) is 2. The van der Waals surface area contributed by atoms with Crippen molar-refractivity contribution < 1.29 is 19.1 Å². The van der Waals surface area contributed by atoms with Gasteiger partial charge in [-0.05, 0) is 55.8 Å². The van der Waals surface area contributed by atoms with Gasteiger partial charge in [0.1, 0.15) is 0 Å². The zero-order chi connectivity index (χ0) is 21.6. The number of halogens is 2. The van der Waals surface area contributed by atoms with Gasteiger partial charge < -0.3 is 20.1 Å². The van der Waals surface area contributed by atoms with Crippen LogP contribution in [0.5, 0.6) is 11.5 Å². The highest BCUT2D eigenvalue weighted by atomic mass is 35.5. The van der Waals surface area contributed by atoms with Gasteiger partial charge in [-0.15, -0.1) is 0 Å². The lowest BCUT2D eigenvalue weighted by Gasteiger charge is -2.15. The van der Waals surface area contributed by atoms with E-state index in [0.717, 1.165) is 0 Å². The molecule has 0 spiro atoms. The first-order chi connectivity index (χ1) is 13.7. The van der Waals surface area contributed by atoms with Crippen molar-refractivity contribution in [1.82, 2.24) is 0 Å². The molecule has 2 amide bonds. The summed E-state index contributed by atoms with van der Waals surface area (Å²) in [7, 11) is 1.52. The van der Waals surface area contributed by atoms with Crippen molar-refractivity contribution in [3.05, 3.63) is 52.0 Å². The molecule has 6 nitrogen and oxygen atoms in total. The number of amides is 2. The first-order valence-corrected chi connectivity index (χ1v) is 9.55. The largest absolute Gasteiger partial charge is 0.493 e. The van der Waals surface area contributed by atoms with E-state index in [1.807, 2.05) is 13.8 Å². The van der Waals surface area contributed by atoms with Gasteiger partial charge in [-0.25, -0.2) is 0 Å². The third-order valence-electron chi connectivity index (χ3n) is 3.58. The molecule has 0 atom stereocenters. The Morgan fingerprint density at radius 3 is 2.38 bits per heavy atom. The second kappa shape index (κ2) is 10.2. The molecule has 2 aromatic carbocycles. The van der Waals surface area contributed by atoms with E-state index in [2.05, 4.69) is 10.6 Å². The van der Waals surface area contributed by atoms with E-state index < -0.39 is 0 Å². The van der Waals surface area contributed by atoms with Gasteiger partial charge in [-0.3, -0.25) is 9.59 Å². The number of benzene rings is 2. The Kier molecular flexibility index (Phi) is 7.93. The first kappa shape index (κ1) is 22.6. The highest BCUT2D eigenvalue weighted by molar-refractivity contribution is 6.34. The highest BCUT2D eigenvalue weighted by Gasteiger charge is 2.13. The van der Waals surface area contributed by atoms with Crippen LogP contribution in [-0.4, -0.2) is 25.0 Å². The number of hydrogen-bond acceptors (Lipinski definition) is 4. The van der Waals surface area contributed by atoms with Crippen LogP contribution in [0.25, 0.3) is 6.08 Å². The lowest BCUT2D eigenvalue weighted by molar-refractivity contribution is -0.114. The van der Waals surface area contributed by atoms with E-state index in [4.69, 9.17) is 32.7 Å². The predicted molar refractivity (Wildman–Crippen MR) is 117 cm³/mol. The number of methoxy groups -OCH3 is 1. The van der Waals surface area contributed by atoms with E-state index in [0.29, 0.717) is 38.5 Å². The van der Waals surface area contributed by atoms with Gasteiger partial charge in [-0.1, -0.05) is 23.2 Å². The van der Waals surface area contributed by atoms with Crippen LogP contribution in [0.4, 0.5) is 11.4 Å². The van der Waals surface area contributed by atoms with Gasteiger partial charge in [0.15, 0.2) is 11.5 Å². The smallest absolute Gasteiger partial charge is 0.248 e. The molecule has 0 unspecified atom stereocenters. The molecule has 0 aliphatic carbocycles. The Morgan fingerprint density at radius 1 is 1.07 bits per heavy atom. The van der Waals surface area contributed by atoms with E-state index >= 15 is 0 Å². The van der Waals surface area contributed by atoms with Crippen molar-refractivity contribution in [2.24, 2.45) is 0 Å². The van der Waals surface area contributed by atoms with Crippen molar-refractivity contribution >= 4 is 52.5 Å². The van der Waals surface area contributed by atoms with Crippen LogP contribution in [0.2, 0.25) is 10.0 Å². The minimum absolute atomic E-state index is 0.0599. The summed E-state index contributed by atoms with van der Waals surface area (Å²) in [6, 6.07) is 8.21. The van der Waals surface area contributed by atoms with Gasteiger partial charge >= 0.3 is 0 Å². The van der Waals surface area contributed by atoms with Gasteiger partial charge in [-0.2, -0.15) is 0 Å². The molecular weight excluding hydrogens is 415 g/mol. The molecule has 0 bridgehead atoms. The van der Waals surface area contributed by atoms with E-state index in [1.54, 1.807) is 36.4 Å². The third kappa shape index (κ3) is 6.69. The molecule has 0 saturated heterocycles. The van der Waals surface area contributed by atoms with E-state index in [-0.39, 0.29) is 17.9 Å². The minimum atomic E-state index is -0.378. The topological polar surface area (TPSA) is 76.7 Å². The monoisotopic (exact) mass is 436 g/mol. The average molecular weight is 437 g/mol. The summed E-state index contributed by atoms with van der Waals surface area (Å²) >= 11 is 12.4. The number of anilines is 2. The molecule has 0 fully saturated rings. The normalized spacial score (nSPS) is 10.9. The Labute approximate surface area is 179 Å². The van der Waals surface area contributed by atoms with Gasteiger partial charge in [0, 0.05) is 18.7 Å². The highest BCUT2D eigenvalue weighted by Crippen LogP contribution is 2.37. The van der Waals surface area contributed by atoms with Crippen LogP contribution < -0.4 is 20.1 Å². The van der Waals surface area contributed by atoms with Gasteiger partial charge in [0.25, 0.3) is 0 Å². The molecule has 2 N–H and O–H groups in total. The predicted octanol–water partition coefficient (Wildman–Crippen LogP) is 5.40.